The number of hydrogen-bond donors (Lipinski definition) is 0. The van der Waals surface area contributed by atoms with Crippen LogP contribution in [-0.2, 0) is 12.3 Å². The number of nitrogens with zero attached hydrogens (tertiary/aromatic N) is 4. The van der Waals surface area contributed by atoms with Crippen LogP contribution in [0.1, 0.15) is 5.56 Å². The summed E-state index contributed by atoms with van der Waals surface area (Å²) in [5, 5.41) is 9.50. The number of methoxy groups -OCH3 is 1. The van der Waals surface area contributed by atoms with Gasteiger partial charge in [-0.3, -0.25) is 4.57 Å². The molecule has 1 aromatic heterocycles. The zero-order valence-corrected chi connectivity index (χ0v) is 14.5. The van der Waals surface area contributed by atoms with Gasteiger partial charge in [0.05, 0.1) is 7.11 Å². The summed E-state index contributed by atoms with van der Waals surface area (Å²) in [4.78, 5) is 2.14. The first-order valence-corrected chi connectivity index (χ1v) is 8.95. The van der Waals surface area contributed by atoms with E-state index in [9.17, 15) is 4.39 Å². The molecule has 0 saturated heterocycles. The number of anilines is 2. The molecular weight excluding hydrogens is 339 g/mol. The van der Waals surface area contributed by atoms with Crippen LogP contribution in [0.4, 0.5) is 16.0 Å². The monoisotopic (exact) mass is 356 g/mol. The van der Waals surface area contributed by atoms with Crippen LogP contribution in [0.15, 0.2) is 53.7 Å². The van der Waals surface area contributed by atoms with Crippen molar-refractivity contribution in [2.45, 2.75) is 17.5 Å². The van der Waals surface area contributed by atoms with Crippen molar-refractivity contribution >= 4 is 23.4 Å². The van der Waals surface area contributed by atoms with Crippen LogP contribution in [0, 0.1) is 5.82 Å². The summed E-state index contributed by atoms with van der Waals surface area (Å²) < 4.78 is 20.6. The van der Waals surface area contributed by atoms with Gasteiger partial charge in [0, 0.05) is 24.5 Å². The minimum absolute atomic E-state index is 0.213. The number of aromatic nitrogens is 3. The summed E-state index contributed by atoms with van der Waals surface area (Å²) in [6, 6.07) is 14.6. The molecule has 0 spiro atoms. The molecule has 0 radical (unpaired) electrons. The number of fused-ring (bicyclic) bond motifs is 1. The standard InChI is InChI=1S/C18H17FN4OS/c1-24-16-7-5-15(6-8-16)22-9-10-23-17(22)20-21-18(23)25-12-13-3-2-4-14(19)11-13/h2-8,11H,9-10,12H2,1H3. The van der Waals surface area contributed by atoms with Gasteiger partial charge < -0.3 is 9.64 Å². The maximum Gasteiger partial charge on any atom is 0.232 e. The number of hydrogen-bond acceptors (Lipinski definition) is 5. The largest absolute Gasteiger partial charge is 0.497 e. The highest BCUT2D eigenvalue weighted by molar-refractivity contribution is 7.98. The molecule has 0 saturated carbocycles. The first-order chi connectivity index (χ1) is 12.2. The fraction of sp³-hybridized carbons (Fsp3) is 0.222. The zero-order chi connectivity index (χ0) is 17.2. The molecule has 4 rings (SSSR count). The molecule has 3 aromatic rings. The van der Waals surface area contributed by atoms with Crippen molar-refractivity contribution in [1.29, 1.82) is 0 Å². The van der Waals surface area contributed by atoms with Gasteiger partial charge in [-0.15, -0.1) is 10.2 Å². The Bertz CT molecular complexity index is 881. The highest BCUT2D eigenvalue weighted by atomic mass is 32.2. The van der Waals surface area contributed by atoms with E-state index in [0.29, 0.717) is 5.75 Å². The molecule has 0 fully saturated rings. The third kappa shape index (κ3) is 3.19. The van der Waals surface area contributed by atoms with Crippen molar-refractivity contribution in [2.75, 3.05) is 18.6 Å². The molecular formula is C18H17FN4OS. The van der Waals surface area contributed by atoms with Gasteiger partial charge in [-0.2, -0.15) is 0 Å². The van der Waals surface area contributed by atoms with Crippen LogP contribution in [0.2, 0.25) is 0 Å². The molecule has 0 aliphatic carbocycles. The quantitative estimate of drug-likeness (QED) is 0.649. The van der Waals surface area contributed by atoms with E-state index < -0.39 is 0 Å². The first kappa shape index (κ1) is 16.0. The molecule has 2 aromatic carbocycles. The van der Waals surface area contributed by atoms with Crippen molar-refractivity contribution in [3.8, 4) is 5.75 Å². The van der Waals surface area contributed by atoms with Crippen molar-refractivity contribution in [3.63, 3.8) is 0 Å². The van der Waals surface area contributed by atoms with E-state index in [4.69, 9.17) is 4.74 Å². The van der Waals surface area contributed by atoms with Gasteiger partial charge in [0.25, 0.3) is 0 Å². The molecule has 0 bridgehead atoms. The Morgan fingerprint density at radius 2 is 1.96 bits per heavy atom. The van der Waals surface area contributed by atoms with Crippen LogP contribution >= 0.6 is 11.8 Å². The number of thioether (sulfide) groups is 1. The second-order valence-electron chi connectivity index (χ2n) is 5.70. The van der Waals surface area contributed by atoms with E-state index in [1.54, 1.807) is 31.0 Å². The van der Waals surface area contributed by atoms with E-state index in [1.807, 2.05) is 30.3 Å². The summed E-state index contributed by atoms with van der Waals surface area (Å²) in [5.41, 5.74) is 2.00. The summed E-state index contributed by atoms with van der Waals surface area (Å²) in [5.74, 6) is 2.12. The molecule has 0 N–H and O–H groups in total. The average molecular weight is 356 g/mol. The minimum Gasteiger partial charge on any atom is -0.497 e. The lowest BCUT2D eigenvalue weighted by molar-refractivity contribution is 0.415. The van der Waals surface area contributed by atoms with Crippen LogP contribution in [-0.4, -0.2) is 28.4 Å². The molecule has 0 atom stereocenters. The molecule has 25 heavy (non-hydrogen) atoms. The SMILES string of the molecule is COc1ccc(N2CCn3c(SCc4cccc(F)c4)nnc32)cc1. The second kappa shape index (κ2) is 6.76. The Balaban J connectivity index is 1.51. The summed E-state index contributed by atoms with van der Waals surface area (Å²) in [6.45, 7) is 1.69. The van der Waals surface area contributed by atoms with Crippen LogP contribution < -0.4 is 9.64 Å². The zero-order valence-electron chi connectivity index (χ0n) is 13.7. The smallest absolute Gasteiger partial charge is 0.232 e. The van der Waals surface area contributed by atoms with Gasteiger partial charge in [-0.1, -0.05) is 23.9 Å². The average Bonchev–Trinajstić information content (AvgIpc) is 3.22. The Morgan fingerprint density at radius 1 is 1.12 bits per heavy atom. The van der Waals surface area contributed by atoms with Crippen molar-refractivity contribution in [1.82, 2.24) is 14.8 Å². The lowest BCUT2D eigenvalue weighted by Gasteiger charge is -2.15. The number of halogens is 1. The van der Waals surface area contributed by atoms with E-state index >= 15 is 0 Å². The number of benzene rings is 2. The molecule has 1 aliphatic rings. The van der Waals surface area contributed by atoms with Crippen LogP contribution in [0.3, 0.4) is 0 Å². The maximum absolute atomic E-state index is 13.3. The Morgan fingerprint density at radius 3 is 2.72 bits per heavy atom. The van der Waals surface area contributed by atoms with Crippen molar-refractivity contribution < 1.29 is 9.13 Å². The third-order valence-electron chi connectivity index (χ3n) is 4.13. The molecule has 1 aliphatic heterocycles. The topological polar surface area (TPSA) is 43.2 Å². The summed E-state index contributed by atoms with van der Waals surface area (Å²) in [6.07, 6.45) is 0. The fourth-order valence-corrected chi connectivity index (χ4v) is 3.77. The molecule has 5 nitrogen and oxygen atoms in total. The van der Waals surface area contributed by atoms with Crippen LogP contribution in [0.5, 0.6) is 5.75 Å². The van der Waals surface area contributed by atoms with E-state index in [2.05, 4.69) is 19.7 Å². The predicted molar refractivity (Wildman–Crippen MR) is 96.0 cm³/mol. The number of ether oxygens (including phenoxy) is 1. The molecule has 0 unspecified atom stereocenters. The van der Waals surface area contributed by atoms with Gasteiger partial charge in [-0.05, 0) is 42.0 Å². The lowest BCUT2D eigenvalue weighted by Crippen LogP contribution is -2.14. The van der Waals surface area contributed by atoms with Gasteiger partial charge in [-0.25, -0.2) is 4.39 Å². The van der Waals surface area contributed by atoms with E-state index in [1.165, 1.54) is 6.07 Å². The fourth-order valence-electron chi connectivity index (χ4n) is 2.86. The van der Waals surface area contributed by atoms with Gasteiger partial charge in [0.2, 0.25) is 5.95 Å². The van der Waals surface area contributed by atoms with Crippen LogP contribution in [0.25, 0.3) is 0 Å². The highest BCUT2D eigenvalue weighted by Gasteiger charge is 2.26. The molecule has 0 amide bonds. The minimum atomic E-state index is -0.213. The Labute approximate surface area is 149 Å². The Hall–Kier alpha value is -2.54. The van der Waals surface area contributed by atoms with Crippen molar-refractivity contribution in [2.24, 2.45) is 0 Å². The van der Waals surface area contributed by atoms with Crippen molar-refractivity contribution in [3.05, 3.63) is 59.9 Å². The third-order valence-corrected chi connectivity index (χ3v) is 5.16. The normalized spacial score (nSPS) is 13.1. The van der Waals surface area contributed by atoms with Gasteiger partial charge >= 0.3 is 0 Å². The van der Waals surface area contributed by atoms with E-state index in [-0.39, 0.29) is 5.82 Å². The van der Waals surface area contributed by atoms with Gasteiger partial charge in [0.1, 0.15) is 11.6 Å². The second-order valence-corrected chi connectivity index (χ2v) is 6.64. The molecule has 128 valence electrons. The van der Waals surface area contributed by atoms with E-state index in [0.717, 1.165) is 41.2 Å². The number of rotatable bonds is 5. The first-order valence-electron chi connectivity index (χ1n) is 7.96. The molecule has 2 heterocycles. The predicted octanol–water partition coefficient (Wildman–Crippen LogP) is 3.87. The highest BCUT2D eigenvalue weighted by Crippen LogP contribution is 2.33. The maximum atomic E-state index is 13.3. The lowest BCUT2D eigenvalue weighted by atomic mass is 10.2. The summed E-state index contributed by atoms with van der Waals surface area (Å²) >= 11 is 1.57. The van der Waals surface area contributed by atoms with Gasteiger partial charge in [0.15, 0.2) is 5.16 Å². The molecule has 7 heteroatoms. The summed E-state index contributed by atoms with van der Waals surface area (Å²) in [7, 11) is 1.66. The Kier molecular flexibility index (Phi) is 4.31.